The SMILES string of the molecule is CCOc1ccc(C(NC(=O)c2ccccc2)c2cccc(/C=C/C(=O)NO)c2)cc1. The summed E-state index contributed by atoms with van der Waals surface area (Å²) >= 11 is 0. The Bertz CT molecular complexity index is 1050. The molecule has 0 heterocycles. The van der Waals surface area contributed by atoms with Gasteiger partial charge in [0.25, 0.3) is 11.8 Å². The number of hydroxylamine groups is 1. The van der Waals surface area contributed by atoms with Gasteiger partial charge in [-0.2, -0.15) is 0 Å². The molecule has 0 bridgehead atoms. The second-order valence-electron chi connectivity index (χ2n) is 6.75. The van der Waals surface area contributed by atoms with Gasteiger partial charge < -0.3 is 10.1 Å². The van der Waals surface area contributed by atoms with E-state index in [2.05, 4.69) is 5.32 Å². The molecule has 3 N–H and O–H groups in total. The summed E-state index contributed by atoms with van der Waals surface area (Å²) in [5, 5.41) is 11.8. The van der Waals surface area contributed by atoms with Gasteiger partial charge in [-0.15, -0.1) is 0 Å². The molecule has 0 spiro atoms. The lowest BCUT2D eigenvalue weighted by Crippen LogP contribution is -2.29. The summed E-state index contributed by atoms with van der Waals surface area (Å²) < 4.78 is 5.53. The van der Waals surface area contributed by atoms with Crippen LogP contribution in [0.15, 0.2) is 84.9 Å². The molecule has 1 unspecified atom stereocenters. The van der Waals surface area contributed by atoms with Crippen LogP contribution in [0.3, 0.4) is 0 Å². The highest BCUT2D eigenvalue weighted by Gasteiger charge is 2.18. The lowest BCUT2D eigenvalue weighted by Gasteiger charge is -2.21. The van der Waals surface area contributed by atoms with Crippen molar-refractivity contribution in [1.82, 2.24) is 10.8 Å². The monoisotopic (exact) mass is 416 g/mol. The Hall–Kier alpha value is -3.90. The van der Waals surface area contributed by atoms with Gasteiger partial charge in [-0.3, -0.25) is 14.8 Å². The number of rotatable bonds is 8. The summed E-state index contributed by atoms with van der Waals surface area (Å²) in [7, 11) is 0. The van der Waals surface area contributed by atoms with Crippen LogP contribution in [0.25, 0.3) is 6.08 Å². The minimum absolute atomic E-state index is 0.194. The Kier molecular flexibility index (Phi) is 7.56. The Labute approximate surface area is 181 Å². The van der Waals surface area contributed by atoms with Gasteiger partial charge in [0, 0.05) is 11.6 Å². The van der Waals surface area contributed by atoms with Crippen molar-refractivity contribution in [1.29, 1.82) is 0 Å². The number of benzene rings is 3. The van der Waals surface area contributed by atoms with Crippen molar-refractivity contribution >= 4 is 17.9 Å². The molecule has 0 aliphatic rings. The molecule has 0 radical (unpaired) electrons. The van der Waals surface area contributed by atoms with E-state index in [1.54, 1.807) is 23.7 Å². The lowest BCUT2D eigenvalue weighted by molar-refractivity contribution is -0.124. The highest BCUT2D eigenvalue weighted by Crippen LogP contribution is 2.26. The van der Waals surface area contributed by atoms with E-state index in [-0.39, 0.29) is 5.91 Å². The van der Waals surface area contributed by atoms with Crippen LogP contribution in [0.4, 0.5) is 0 Å². The number of hydrogen-bond acceptors (Lipinski definition) is 4. The predicted molar refractivity (Wildman–Crippen MR) is 119 cm³/mol. The van der Waals surface area contributed by atoms with Gasteiger partial charge in [0.15, 0.2) is 0 Å². The third kappa shape index (κ3) is 6.04. The topological polar surface area (TPSA) is 87.7 Å². The fourth-order valence-corrected chi connectivity index (χ4v) is 3.14. The zero-order valence-corrected chi connectivity index (χ0v) is 17.1. The van der Waals surface area contributed by atoms with Crippen LogP contribution in [-0.2, 0) is 4.79 Å². The van der Waals surface area contributed by atoms with Gasteiger partial charge in [0.1, 0.15) is 5.75 Å². The van der Waals surface area contributed by atoms with Crippen molar-refractivity contribution in [2.24, 2.45) is 0 Å². The van der Waals surface area contributed by atoms with E-state index in [9.17, 15) is 9.59 Å². The summed E-state index contributed by atoms with van der Waals surface area (Å²) in [5.41, 5.74) is 4.62. The van der Waals surface area contributed by atoms with Crippen LogP contribution in [0.2, 0.25) is 0 Å². The quantitative estimate of drug-likeness (QED) is 0.293. The third-order valence-corrected chi connectivity index (χ3v) is 4.62. The molecule has 0 aromatic heterocycles. The Balaban J connectivity index is 1.94. The van der Waals surface area contributed by atoms with E-state index in [1.807, 2.05) is 73.7 Å². The maximum absolute atomic E-state index is 12.9. The molecule has 0 aliphatic carbocycles. The standard InChI is InChI=1S/C25H24N2O4/c1-2-31-22-14-12-19(13-15-22)24(26-25(29)20-8-4-3-5-9-20)21-10-6-7-18(17-21)11-16-23(28)27-30/h3-17,24,30H,2H2,1H3,(H,26,29)(H,27,28)/b16-11+. The summed E-state index contributed by atoms with van der Waals surface area (Å²) in [5.74, 6) is -0.0583. The smallest absolute Gasteiger partial charge is 0.267 e. The average molecular weight is 416 g/mol. The van der Waals surface area contributed by atoms with Crippen LogP contribution in [0.5, 0.6) is 5.75 Å². The number of amides is 2. The first-order chi connectivity index (χ1) is 15.1. The minimum Gasteiger partial charge on any atom is -0.494 e. The van der Waals surface area contributed by atoms with Crippen LogP contribution in [0, 0.1) is 0 Å². The molecule has 6 heteroatoms. The first-order valence-electron chi connectivity index (χ1n) is 9.91. The maximum Gasteiger partial charge on any atom is 0.267 e. The first-order valence-corrected chi connectivity index (χ1v) is 9.91. The van der Waals surface area contributed by atoms with E-state index >= 15 is 0 Å². The van der Waals surface area contributed by atoms with Crippen LogP contribution < -0.4 is 15.5 Å². The number of nitrogens with one attached hydrogen (secondary N) is 2. The number of carbonyl (C=O) groups excluding carboxylic acids is 2. The van der Waals surface area contributed by atoms with Crippen LogP contribution in [0.1, 0.15) is 40.0 Å². The molecule has 0 fully saturated rings. The second-order valence-corrected chi connectivity index (χ2v) is 6.75. The van der Waals surface area contributed by atoms with E-state index in [0.717, 1.165) is 22.4 Å². The van der Waals surface area contributed by atoms with Gasteiger partial charge in [-0.05, 0) is 60.0 Å². The minimum atomic E-state index is -0.620. The summed E-state index contributed by atoms with van der Waals surface area (Å²) in [4.78, 5) is 24.2. The van der Waals surface area contributed by atoms with Crippen molar-refractivity contribution in [3.05, 3.63) is 107 Å². The Morgan fingerprint density at radius 1 is 0.968 bits per heavy atom. The van der Waals surface area contributed by atoms with Crippen LogP contribution in [-0.4, -0.2) is 23.6 Å². The molecule has 3 aromatic carbocycles. The predicted octanol–water partition coefficient (Wildman–Crippen LogP) is 4.12. The van der Waals surface area contributed by atoms with Gasteiger partial charge >= 0.3 is 0 Å². The van der Waals surface area contributed by atoms with Gasteiger partial charge in [-0.25, -0.2) is 5.48 Å². The van der Waals surface area contributed by atoms with Crippen molar-refractivity contribution in [3.63, 3.8) is 0 Å². The highest BCUT2D eigenvalue weighted by molar-refractivity contribution is 5.94. The Morgan fingerprint density at radius 3 is 2.39 bits per heavy atom. The molecular formula is C25H24N2O4. The average Bonchev–Trinajstić information content (AvgIpc) is 2.82. The molecular weight excluding hydrogens is 392 g/mol. The fraction of sp³-hybridized carbons (Fsp3) is 0.120. The Morgan fingerprint density at radius 2 is 1.71 bits per heavy atom. The van der Waals surface area contributed by atoms with Gasteiger partial charge in [0.2, 0.25) is 0 Å². The molecule has 3 aromatic rings. The molecule has 158 valence electrons. The van der Waals surface area contributed by atoms with Crippen molar-refractivity contribution < 1.29 is 19.5 Å². The van der Waals surface area contributed by atoms with Crippen molar-refractivity contribution in [2.75, 3.05) is 6.61 Å². The van der Waals surface area contributed by atoms with Gasteiger partial charge in [0.05, 0.1) is 12.6 Å². The van der Waals surface area contributed by atoms with Crippen molar-refractivity contribution in [3.8, 4) is 5.75 Å². The van der Waals surface area contributed by atoms with E-state index in [1.165, 1.54) is 6.08 Å². The van der Waals surface area contributed by atoms with Crippen molar-refractivity contribution in [2.45, 2.75) is 13.0 Å². The normalized spacial score (nSPS) is 11.7. The second kappa shape index (κ2) is 10.8. The zero-order valence-electron chi connectivity index (χ0n) is 17.1. The fourth-order valence-electron chi connectivity index (χ4n) is 3.14. The number of hydrogen-bond donors (Lipinski definition) is 3. The van der Waals surface area contributed by atoms with Crippen LogP contribution >= 0.6 is 0 Å². The number of ether oxygens (including phenoxy) is 1. The van der Waals surface area contributed by atoms with Gasteiger partial charge in [-0.1, -0.05) is 48.5 Å². The summed E-state index contributed by atoms with van der Waals surface area (Å²) in [6.45, 7) is 2.50. The first kappa shape index (κ1) is 21.8. The third-order valence-electron chi connectivity index (χ3n) is 4.62. The van der Waals surface area contributed by atoms with E-state index in [0.29, 0.717) is 12.2 Å². The van der Waals surface area contributed by atoms with E-state index < -0.39 is 11.9 Å². The maximum atomic E-state index is 12.9. The number of carbonyl (C=O) groups is 2. The summed E-state index contributed by atoms with van der Waals surface area (Å²) in [6, 6.07) is 23.7. The summed E-state index contributed by atoms with van der Waals surface area (Å²) in [6.07, 6.45) is 2.82. The molecule has 0 saturated carbocycles. The highest BCUT2D eigenvalue weighted by atomic mass is 16.5. The molecule has 3 rings (SSSR count). The molecule has 0 saturated heterocycles. The lowest BCUT2D eigenvalue weighted by atomic mass is 9.96. The largest absolute Gasteiger partial charge is 0.494 e. The van der Waals surface area contributed by atoms with E-state index in [4.69, 9.17) is 9.94 Å². The molecule has 6 nitrogen and oxygen atoms in total. The molecule has 2 amide bonds. The molecule has 31 heavy (non-hydrogen) atoms. The zero-order chi connectivity index (χ0) is 22.1. The molecule has 0 aliphatic heterocycles. The molecule has 1 atom stereocenters.